The number of anilines is 1. The van der Waals surface area contributed by atoms with Gasteiger partial charge < -0.3 is 20.1 Å². The first-order chi connectivity index (χ1) is 12.7. The minimum Gasteiger partial charge on any atom is -0.454 e. The van der Waals surface area contributed by atoms with Crippen molar-refractivity contribution in [2.24, 2.45) is 0 Å². The number of carbonyl (C=O) groups excluding carboxylic acids is 2. The molecule has 0 fully saturated rings. The Hall–Kier alpha value is -3.09. The summed E-state index contributed by atoms with van der Waals surface area (Å²) >= 11 is 0. The highest BCUT2D eigenvalue weighted by molar-refractivity contribution is 6.06. The van der Waals surface area contributed by atoms with Crippen molar-refractivity contribution in [2.75, 3.05) is 18.7 Å². The van der Waals surface area contributed by atoms with Gasteiger partial charge in [-0.3, -0.25) is 14.6 Å². The molecule has 0 spiro atoms. The number of hydrogen-bond acceptors (Lipinski definition) is 5. The second-order valence-electron chi connectivity index (χ2n) is 5.95. The van der Waals surface area contributed by atoms with Gasteiger partial charge in [0.1, 0.15) is 0 Å². The van der Waals surface area contributed by atoms with Crippen LogP contribution >= 0.6 is 0 Å². The fraction of sp³-hybridized carbons (Fsp3) is 0.316. The molecule has 7 heteroatoms. The number of pyridine rings is 1. The van der Waals surface area contributed by atoms with Crippen LogP contribution in [0.4, 0.5) is 5.69 Å². The predicted molar refractivity (Wildman–Crippen MR) is 96.6 cm³/mol. The molecule has 1 aromatic heterocycles. The van der Waals surface area contributed by atoms with Crippen LogP contribution < -0.4 is 20.1 Å². The first-order valence-corrected chi connectivity index (χ1v) is 8.61. The Kier molecular flexibility index (Phi) is 5.68. The lowest BCUT2D eigenvalue weighted by Crippen LogP contribution is -2.25. The third-order valence-electron chi connectivity index (χ3n) is 3.96. The van der Waals surface area contributed by atoms with Gasteiger partial charge in [0, 0.05) is 30.7 Å². The second-order valence-corrected chi connectivity index (χ2v) is 5.95. The number of ether oxygens (including phenoxy) is 2. The summed E-state index contributed by atoms with van der Waals surface area (Å²) in [6.45, 7) is 2.89. The van der Waals surface area contributed by atoms with E-state index < -0.39 is 0 Å². The summed E-state index contributed by atoms with van der Waals surface area (Å²) in [7, 11) is 0. The maximum absolute atomic E-state index is 12.4. The third kappa shape index (κ3) is 4.30. The standard InChI is InChI=1S/C19H21N3O4/c1-2-3-4-7-21-18(23)13-8-14(11-20-10-13)19(24)22-15-5-6-16-17(9-15)26-12-25-16/h5-6,8-11H,2-4,7,12H2,1H3,(H,21,23)(H,22,24). The molecule has 0 radical (unpaired) electrons. The Morgan fingerprint density at radius 3 is 2.62 bits per heavy atom. The minimum absolute atomic E-state index is 0.173. The summed E-state index contributed by atoms with van der Waals surface area (Å²) in [6, 6.07) is 6.68. The van der Waals surface area contributed by atoms with Crippen LogP contribution in [0.5, 0.6) is 11.5 Å². The first kappa shape index (κ1) is 17.7. The van der Waals surface area contributed by atoms with Crippen molar-refractivity contribution in [3.05, 3.63) is 47.8 Å². The molecule has 26 heavy (non-hydrogen) atoms. The lowest BCUT2D eigenvalue weighted by atomic mass is 10.1. The molecule has 0 unspecified atom stereocenters. The second kappa shape index (κ2) is 8.33. The minimum atomic E-state index is -0.350. The van der Waals surface area contributed by atoms with E-state index in [2.05, 4.69) is 22.5 Å². The fourth-order valence-corrected chi connectivity index (χ4v) is 2.54. The summed E-state index contributed by atoms with van der Waals surface area (Å²) in [4.78, 5) is 28.6. The molecule has 2 aromatic rings. The molecule has 1 aliphatic rings. The van der Waals surface area contributed by atoms with E-state index in [4.69, 9.17) is 9.47 Å². The number of fused-ring (bicyclic) bond motifs is 1. The van der Waals surface area contributed by atoms with Crippen molar-refractivity contribution < 1.29 is 19.1 Å². The van der Waals surface area contributed by atoms with Gasteiger partial charge in [-0.1, -0.05) is 19.8 Å². The molecule has 1 aromatic carbocycles. The van der Waals surface area contributed by atoms with Crippen molar-refractivity contribution >= 4 is 17.5 Å². The van der Waals surface area contributed by atoms with Gasteiger partial charge in [-0.2, -0.15) is 0 Å². The normalized spacial score (nSPS) is 11.9. The van der Waals surface area contributed by atoms with Gasteiger partial charge in [-0.05, 0) is 24.6 Å². The average Bonchev–Trinajstić information content (AvgIpc) is 3.13. The van der Waals surface area contributed by atoms with Gasteiger partial charge in [0.2, 0.25) is 6.79 Å². The van der Waals surface area contributed by atoms with Gasteiger partial charge in [0.15, 0.2) is 11.5 Å². The molecule has 2 heterocycles. The Balaban J connectivity index is 1.63. The maximum atomic E-state index is 12.4. The Bertz CT molecular complexity index is 807. The highest BCUT2D eigenvalue weighted by Crippen LogP contribution is 2.34. The van der Waals surface area contributed by atoms with E-state index >= 15 is 0 Å². The monoisotopic (exact) mass is 355 g/mol. The lowest BCUT2D eigenvalue weighted by Gasteiger charge is -2.08. The number of amides is 2. The van der Waals surface area contributed by atoms with E-state index in [1.165, 1.54) is 18.5 Å². The van der Waals surface area contributed by atoms with Crippen LogP contribution in [0.3, 0.4) is 0 Å². The molecule has 1 aliphatic heterocycles. The fourth-order valence-electron chi connectivity index (χ4n) is 2.54. The molecule has 0 saturated heterocycles. The summed E-state index contributed by atoms with van der Waals surface area (Å²) in [5, 5.41) is 5.60. The van der Waals surface area contributed by atoms with Gasteiger partial charge >= 0.3 is 0 Å². The zero-order chi connectivity index (χ0) is 18.4. The predicted octanol–water partition coefficient (Wildman–Crippen LogP) is 2.98. The topological polar surface area (TPSA) is 89.6 Å². The van der Waals surface area contributed by atoms with Crippen LogP contribution in [0.2, 0.25) is 0 Å². The molecular formula is C19H21N3O4. The van der Waals surface area contributed by atoms with Crippen LogP contribution in [0.1, 0.15) is 46.9 Å². The van der Waals surface area contributed by atoms with Crippen molar-refractivity contribution in [1.82, 2.24) is 10.3 Å². The molecular weight excluding hydrogens is 334 g/mol. The number of carbonyl (C=O) groups is 2. The van der Waals surface area contributed by atoms with Crippen molar-refractivity contribution in [1.29, 1.82) is 0 Å². The van der Waals surface area contributed by atoms with E-state index in [9.17, 15) is 9.59 Å². The Morgan fingerprint density at radius 2 is 1.81 bits per heavy atom. The van der Waals surface area contributed by atoms with E-state index in [1.54, 1.807) is 18.2 Å². The van der Waals surface area contributed by atoms with E-state index in [0.29, 0.717) is 34.9 Å². The van der Waals surface area contributed by atoms with Crippen molar-refractivity contribution in [3.8, 4) is 11.5 Å². The number of unbranched alkanes of at least 4 members (excludes halogenated alkanes) is 2. The summed E-state index contributed by atoms with van der Waals surface area (Å²) < 4.78 is 10.5. The van der Waals surface area contributed by atoms with Gasteiger partial charge in [0.25, 0.3) is 11.8 Å². The van der Waals surface area contributed by atoms with E-state index in [1.807, 2.05) is 0 Å². The molecule has 0 atom stereocenters. The highest BCUT2D eigenvalue weighted by Gasteiger charge is 2.15. The molecule has 2 N–H and O–H groups in total. The molecule has 7 nitrogen and oxygen atoms in total. The zero-order valence-corrected chi connectivity index (χ0v) is 14.6. The number of hydrogen-bond donors (Lipinski definition) is 2. The largest absolute Gasteiger partial charge is 0.454 e. The number of nitrogens with one attached hydrogen (secondary N) is 2. The highest BCUT2D eigenvalue weighted by atomic mass is 16.7. The first-order valence-electron chi connectivity index (χ1n) is 8.61. The maximum Gasteiger partial charge on any atom is 0.257 e. The molecule has 0 bridgehead atoms. The summed E-state index contributed by atoms with van der Waals surface area (Å²) in [6.07, 6.45) is 5.96. The van der Waals surface area contributed by atoms with Crippen LogP contribution in [0.15, 0.2) is 36.7 Å². The van der Waals surface area contributed by atoms with Crippen LogP contribution in [0, 0.1) is 0 Å². The number of rotatable bonds is 7. The van der Waals surface area contributed by atoms with Gasteiger partial charge in [0.05, 0.1) is 11.1 Å². The van der Waals surface area contributed by atoms with Gasteiger partial charge in [-0.15, -0.1) is 0 Å². The summed E-state index contributed by atoms with van der Waals surface area (Å²) in [5.74, 6) is 0.649. The lowest BCUT2D eigenvalue weighted by molar-refractivity contribution is 0.0952. The van der Waals surface area contributed by atoms with Crippen LogP contribution in [-0.2, 0) is 0 Å². The third-order valence-corrected chi connectivity index (χ3v) is 3.96. The van der Waals surface area contributed by atoms with E-state index in [-0.39, 0.29) is 18.6 Å². The Morgan fingerprint density at radius 1 is 1.04 bits per heavy atom. The molecule has 2 amide bonds. The average molecular weight is 355 g/mol. The zero-order valence-electron chi connectivity index (χ0n) is 14.6. The smallest absolute Gasteiger partial charge is 0.257 e. The number of nitrogens with zero attached hydrogens (tertiary/aromatic N) is 1. The van der Waals surface area contributed by atoms with Gasteiger partial charge in [-0.25, -0.2) is 0 Å². The SMILES string of the molecule is CCCCCNC(=O)c1cncc(C(=O)Nc2ccc3c(c2)OCO3)c1. The number of aromatic nitrogens is 1. The molecule has 0 saturated carbocycles. The van der Waals surface area contributed by atoms with Crippen molar-refractivity contribution in [3.63, 3.8) is 0 Å². The molecule has 0 aliphatic carbocycles. The molecule has 136 valence electrons. The number of benzene rings is 1. The quantitative estimate of drug-likeness (QED) is 0.745. The Labute approximate surface area is 151 Å². The summed E-state index contributed by atoms with van der Waals surface area (Å²) in [5.41, 5.74) is 1.25. The van der Waals surface area contributed by atoms with E-state index in [0.717, 1.165) is 19.3 Å². The van der Waals surface area contributed by atoms with Crippen LogP contribution in [0.25, 0.3) is 0 Å². The van der Waals surface area contributed by atoms with Crippen molar-refractivity contribution in [2.45, 2.75) is 26.2 Å². The van der Waals surface area contributed by atoms with Crippen LogP contribution in [-0.4, -0.2) is 30.1 Å². The molecule has 3 rings (SSSR count).